The summed E-state index contributed by atoms with van der Waals surface area (Å²) in [5.41, 5.74) is -0.335. The van der Waals surface area contributed by atoms with Gasteiger partial charge in [0, 0.05) is 6.42 Å². The van der Waals surface area contributed by atoms with E-state index in [9.17, 15) is 4.79 Å². The molecule has 1 heterocycles. The Hall–Kier alpha value is -0.370. The van der Waals surface area contributed by atoms with Gasteiger partial charge in [-0.15, -0.1) is 0 Å². The summed E-state index contributed by atoms with van der Waals surface area (Å²) >= 11 is 0. The van der Waals surface area contributed by atoms with Crippen LogP contribution in [0.25, 0.3) is 0 Å². The van der Waals surface area contributed by atoms with Crippen LogP contribution < -0.4 is 0 Å². The molecule has 0 aromatic rings. The van der Waals surface area contributed by atoms with Crippen LogP contribution in [-0.2, 0) is 9.53 Å². The van der Waals surface area contributed by atoms with Crippen LogP contribution in [0, 0.1) is 0 Å². The van der Waals surface area contributed by atoms with Crippen LogP contribution >= 0.6 is 0 Å². The molecule has 0 bridgehead atoms. The molecular formula is C7H10O2. The van der Waals surface area contributed by atoms with E-state index >= 15 is 0 Å². The predicted octanol–water partition coefficient (Wildman–Crippen LogP) is 0.897. The largest absolute Gasteiger partial charge is 0.358 e. The Morgan fingerprint density at radius 2 is 2.56 bits per heavy atom. The second-order valence-corrected chi connectivity index (χ2v) is 3.03. The lowest BCUT2D eigenvalue weighted by Crippen LogP contribution is -2.26. The average Bonchev–Trinajstić information content (AvgIpc) is 2.44. The third-order valence-electron chi connectivity index (χ3n) is 2.37. The lowest BCUT2D eigenvalue weighted by Gasteiger charge is -2.09. The van der Waals surface area contributed by atoms with Crippen molar-refractivity contribution in [3.05, 3.63) is 0 Å². The minimum Gasteiger partial charge on any atom is -0.358 e. The van der Waals surface area contributed by atoms with Crippen molar-refractivity contribution in [2.24, 2.45) is 0 Å². The average molecular weight is 126 g/mol. The molecule has 0 aromatic heterocycles. The fourth-order valence-corrected chi connectivity index (χ4v) is 1.54. The van der Waals surface area contributed by atoms with Gasteiger partial charge in [0.2, 0.25) is 0 Å². The molecule has 2 heteroatoms. The SMILES string of the molecule is C[C@]12O[C@H]1CCCC2=O. The standard InChI is InChI=1S/C7H10O2/c1-7-5(8)3-2-4-6(7)9-7/h6H,2-4H2,1H3/t6-,7+/m0/s1. The molecule has 0 radical (unpaired) electrons. The zero-order chi connectivity index (χ0) is 6.48. The van der Waals surface area contributed by atoms with Gasteiger partial charge in [-0.25, -0.2) is 0 Å². The molecule has 9 heavy (non-hydrogen) atoms. The summed E-state index contributed by atoms with van der Waals surface area (Å²) in [4.78, 5) is 11.0. The van der Waals surface area contributed by atoms with Crippen LogP contribution in [0.15, 0.2) is 0 Å². The van der Waals surface area contributed by atoms with Crippen LogP contribution in [0.2, 0.25) is 0 Å². The maximum Gasteiger partial charge on any atom is 0.167 e. The van der Waals surface area contributed by atoms with Crippen molar-refractivity contribution in [1.29, 1.82) is 0 Å². The highest BCUT2D eigenvalue weighted by atomic mass is 16.6. The van der Waals surface area contributed by atoms with Gasteiger partial charge in [0.1, 0.15) is 5.60 Å². The Morgan fingerprint density at radius 1 is 1.78 bits per heavy atom. The summed E-state index contributed by atoms with van der Waals surface area (Å²) in [6.45, 7) is 1.90. The fraction of sp³-hybridized carbons (Fsp3) is 0.857. The van der Waals surface area contributed by atoms with Crippen LogP contribution in [0.3, 0.4) is 0 Å². The summed E-state index contributed by atoms with van der Waals surface area (Å²) in [6, 6.07) is 0. The summed E-state index contributed by atoms with van der Waals surface area (Å²) in [5.74, 6) is 0.304. The first-order chi connectivity index (χ1) is 4.23. The Labute approximate surface area is 54.2 Å². The van der Waals surface area contributed by atoms with Gasteiger partial charge in [-0.2, -0.15) is 0 Å². The molecule has 0 N–H and O–H groups in total. The van der Waals surface area contributed by atoms with E-state index in [4.69, 9.17) is 4.74 Å². The number of hydrogen-bond acceptors (Lipinski definition) is 2. The summed E-state index contributed by atoms with van der Waals surface area (Å²) < 4.78 is 5.23. The molecule has 0 amide bonds. The van der Waals surface area contributed by atoms with Crippen molar-refractivity contribution in [1.82, 2.24) is 0 Å². The fourth-order valence-electron chi connectivity index (χ4n) is 1.54. The molecule has 1 saturated carbocycles. The zero-order valence-corrected chi connectivity index (χ0v) is 5.52. The number of Topliss-reactive ketones (excluding diaryl/α,β-unsaturated/α-hetero) is 1. The number of ketones is 1. The summed E-state index contributed by atoms with van der Waals surface area (Å²) in [5, 5.41) is 0. The van der Waals surface area contributed by atoms with E-state index in [-0.39, 0.29) is 11.7 Å². The van der Waals surface area contributed by atoms with Gasteiger partial charge in [-0.3, -0.25) is 4.79 Å². The van der Waals surface area contributed by atoms with Crippen molar-refractivity contribution < 1.29 is 9.53 Å². The minimum atomic E-state index is -0.335. The van der Waals surface area contributed by atoms with E-state index in [0.717, 1.165) is 19.3 Å². The van der Waals surface area contributed by atoms with E-state index in [0.29, 0.717) is 5.78 Å². The van der Waals surface area contributed by atoms with Gasteiger partial charge in [-0.1, -0.05) is 0 Å². The molecule has 2 nitrogen and oxygen atoms in total. The molecule has 2 rings (SSSR count). The zero-order valence-electron chi connectivity index (χ0n) is 5.52. The molecule has 0 spiro atoms. The first-order valence-corrected chi connectivity index (χ1v) is 3.44. The number of carbonyl (C=O) groups excluding carboxylic acids is 1. The van der Waals surface area contributed by atoms with Crippen LogP contribution in [0.5, 0.6) is 0 Å². The lowest BCUT2D eigenvalue weighted by molar-refractivity contribution is -0.124. The normalized spacial score (nSPS) is 48.6. The molecular weight excluding hydrogens is 116 g/mol. The molecule has 2 aliphatic rings. The van der Waals surface area contributed by atoms with Crippen LogP contribution in [0.4, 0.5) is 0 Å². The van der Waals surface area contributed by atoms with Gasteiger partial charge in [0.15, 0.2) is 5.78 Å². The Morgan fingerprint density at radius 3 is 3.11 bits per heavy atom. The monoisotopic (exact) mass is 126 g/mol. The Balaban J connectivity index is 2.19. The molecule has 2 atom stereocenters. The maximum absolute atomic E-state index is 11.0. The van der Waals surface area contributed by atoms with Crippen molar-refractivity contribution in [3.8, 4) is 0 Å². The highest BCUT2D eigenvalue weighted by Crippen LogP contribution is 2.44. The van der Waals surface area contributed by atoms with E-state index < -0.39 is 0 Å². The predicted molar refractivity (Wildman–Crippen MR) is 32.1 cm³/mol. The van der Waals surface area contributed by atoms with Crippen LogP contribution in [-0.4, -0.2) is 17.5 Å². The number of ether oxygens (including phenoxy) is 1. The van der Waals surface area contributed by atoms with Crippen LogP contribution in [0.1, 0.15) is 26.2 Å². The maximum atomic E-state index is 11.0. The number of rotatable bonds is 0. The highest BCUT2D eigenvalue weighted by molar-refractivity contribution is 5.90. The van der Waals surface area contributed by atoms with Crippen molar-refractivity contribution in [2.75, 3.05) is 0 Å². The van der Waals surface area contributed by atoms with E-state index in [1.165, 1.54) is 0 Å². The lowest BCUT2D eigenvalue weighted by atomic mass is 9.90. The molecule has 1 aliphatic heterocycles. The van der Waals surface area contributed by atoms with Gasteiger partial charge in [0.25, 0.3) is 0 Å². The molecule has 0 aromatic carbocycles. The molecule has 1 aliphatic carbocycles. The number of fused-ring (bicyclic) bond motifs is 1. The quantitative estimate of drug-likeness (QED) is 0.451. The van der Waals surface area contributed by atoms with Gasteiger partial charge in [-0.05, 0) is 19.8 Å². The van der Waals surface area contributed by atoms with Gasteiger partial charge < -0.3 is 4.74 Å². The molecule has 50 valence electrons. The van der Waals surface area contributed by atoms with E-state index in [1.807, 2.05) is 6.92 Å². The number of epoxide rings is 1. The van der Waals surface area contributed by atoms with Gasteiger partial charge in [0.05, 0.1) is 6.10 Å². The number of hydrogen-bond donors (Lipinski definition) is 0. The third-order valence-corrected chi connectivity index (χ3v) is 2.37. The molecule has 1 saturated heterocycles. The van der Waals surface area contributed by atoms with E-state index in [1.54, 1.807) is 0 Å². The first kappa shape index (κ1) is 5.42. The second-order valence-electron chi connectivity index (χ2n) is 3.03. The topological polar surface area (TPSA) is 29.6 Å². The molecule has 0 unspecified atom stereocenters. The highest BCUT2D eigenvalue weighted by Gasteiger charge is 2.59. The Kier molecular flexibility index (Phi) is 0.826. The van der Waals surface area contributed by atoms with Crippen molar-refractivity contribution >= 4 is 5.78 Å². The number of carbonyl (C=O) groups is 1. The van der Waals surface area contributed by atoms with Crippen molar-refractivity contribution in [3.63, 3.8) is 0 Å². The molecule has 2 fully saturated rings. The first-order valence-electron chi connectivity index (χ1n) is 3.44. The second kappa shape index (κ2) is 1.37. The van der Waals surface area contributed by atoms with Gasteiger partial charge >= 0.3 is 0 Å². The minimum absolute atomic E-state index is 0.277. The summed E-state index contributed by atoms with van der Waals surface area (Å²) in [6.07, 6.45) is 3.12. The van der Waals surface area contributed by atoms with E-state index in [2.05, 4.69) is 0 Å². The third kappa shape index (κ3) is 0.568. The Bertz CT molecular complexity index is 164. The summed E-state index contributed by atoms with van der Waals surface area (Å²) in [7, 11) is 0. The smallest absolute Gasteiger partial charge is 0.167 e. The van der Waals surface area contributed by atoms with Crippen molar-refractivity contribution in [2.45, 2.75) is 37.9 Å².